The van der Waals surface area contributed by atoms with Gasteiger partial charge in [0.25, 0.3) is 0 Å². The minimum Gasteiger partial charge on any atom is -0.325 e. The Labute approximate surface area is 160 Å². The van der Waals surface area contributed by atoms with Crippen LogP contribution in [0.25, 0.3) is 0 Å². The normalized spacial score (nSPS) is 17.8. The van der Waals surface area contributed by atoms with E-state index < -0.39 is 5.41 Å². The lowest BCUT2D eigenvalue weighted by molar-refractivity contribution is -0.119. The van der Waals surface area contributed by atoms with Gasteiger partial charge in [-0.05, 0) is 43.2 Å². The second kappa shape index (κ2) is 7.96. The third-order valence-corrected chi connectivity index (χ3v) is 4.77. The van der Waals surface area contributed by atoms with Crippen LogP contribution < -0.4 is 5.32 Å². The van der Waals surface area contributed by atoms with Crippen molar-refractivity contribution in [1.29, 1.82) is 0 Å². The van der Waals surface area contributed by atoms with E-state index in [2.05, 4.69) is 15.5 Å². The molecule has 3 aromatic carbocycles. The summed E-state index contributed by atoms with van der Waals surface area (Å²) in [6.07, 6.45) is 0. The van der Waals surface area contributed by atoms with Crippen LogP contribution in [0.5, 0.6) is 0 Å². The number of amides is 1. The van der Waals surface area contributed by atoms with Crippen molar-refractivity contribution in [3.63, 3.8) is 0 Å². The highest BCUT2D eigenvalue weighted by atomic mass is 16.2. The number of carbonyl (C=O) groups is 1. The highest BCUT2D eigenvalue weighted by Crippen LogP contribution is 2.42. The molecule has 0 bridgehead atoms. The molecule has 1 N–H and O–H groups in total. The van der Waals surface area contributed by atoms with E-state index in [9.17, 15) is 4.79 Å². The predicted molar refractivity (Wildman–Crippen MR) is 110 cm³/mol. The quantitative estimate of drug-likeness (QED) is 0.592. The maximum absolute atomic E-state index is 12.2. The summed E-state index contributed by atoms with van der Waals surface area (Å²) in [6.45, 7) is 4.02. The number of nitrogens with zero attached hydrogens (tertiary/aromatic N) is 2. The molecule has 136 valence electrons. The number of azo groups is 1. The third-order valence-electron chi connectivity index (χ3n) is 4.77. The highest BCUT2D eigenvalue weighted by molar-refractivity contribution is 6.08. The molecule has 3 aromatic rings. The average molecular weight is 357 g/mol. The Bertz CT molecular complexity index is 949. The number of anilines is 1. The third kappa shape index (κ3) is 3.80. The van der Waals surface area contributed by atoms with Crippen molar-refractivity contribution in [2.24, 2.45) is 10.2 Å². The number of hydrogen-bond donors (Lipinski definition) is 1. The molecule has 1 atom stereocenters. The predicted octanol–water partition coefficient (Wildman–Crippen LogP) is 5.65. The summed E-state index contributed by atoms with van der Waals surface area (Å²) in [6, 6.07) is 25.7. The molecule has 1 aliphatic rings. The molecule has 0 radical (unpaired) electrons. The van der Waals surface area contributed by atoms with Gasteiger partial charge in [0, 0.05) is 12.7 Å². The number of rotatable bonds is 2. The molecule has 0 aliphatic carbocycles. The molecule has 1 heterocycles. The molecule has 4 rings (SSSR count). The molecule has 0 aromatic heterocycles. The zero-order valence-corrected chi connectivity index (χ0v) is 15.8. The number of carbonyl (C=O) groups excluding carboxylic acids is 1. The van der Waals surface area contributed by atoms with Crippen LogP contribution in [-0.2, 0) is 10.2 Å². The van der Waals surface area contributed by atoms with E-state index in [1.807, 2.05) is 92.7 Å². The van der Waals surface area contributed by atoms with Crippen molar-refractivity contribution in [2.45, 2.75) is 19.3 Å². The lowest BCUT2D eigenvalue weighted by atomic mass is 9.77. The van der Waals surface area contributed by atoms with E-state index in [1.165, 1.54) is 5.56 Å². The molecular formula is C23H23N3O. The van der Waals surface area contributed by atoms with Crippen LogP contribution in [-0.4, -0.2) is 13.0 Å². The zero-order valence-electron chi connectivity index (χ0n) is 15.8. The van der Waals surface area contributed by atoms with Gasteiger partial charge in [-0.15, -0.1) is 0 Å². The van der Waals surface area contributed by atoms with E-state index in [1.54, 1.807) is 7.05 Å². The Morgan fingerprint density at radius 3 is 2.15 bits per heavy atom. The van der Waals surface area contributed by atoms with Gasteiger partial charge in [-0.2, -0.15) is 10.2 Å². The summed E-state index contributed by atoms with van der Waals surface area (Å²) in [5, 5.41) is 10.5. The summed E-state index contributed by atoms with van der Waals surface area (Å²) >= 11 is 0. The zero-order chi connectivity index (χ0) is 19.3. The van der Waals surface area contributed by atoms with Crippen LogP contribution in [0, 0.1) is 6.92 Å². The van der Waals surface area contributed by atoms with Gasteiger partial charge in [0.15, 0.2) is 0 Å². The lowest BCUT2D eigenvalue weighted by Crippen LogP contribution is -2.32. The fourth-order valence-corrected chi connectivity index (χ4v) is 3.18. The van der Waals surface area contributed by atoms with Gasteiger partial charge >= 0.3 is 0 Å². The first-order chi connectivity index (χ1) is 13.1. The summed E-state index contributed by atoms with van der Waals surface area (Å²) in [5.74, 6) is 0.0462. The fourth-order valence-electron chi connectivity index (χ4n) is 3.18. The largest absolute Gasteiger partial charge is 0.325 e. The van der Waals surface area contributed by atoms with Crippen molar-refractivity contribution < 1.29 is 4.79 Å². The van der Waals surface area contributed by atoms with Gasteiger partial charge in [0.05, 0.1) is 11.1 Å². The van der Waals surface area contributed by atoms with Gasteiger partial charge < -0.3 is 5.32 Å². The second-order valence-electron chi connectivity index (χ2n) is 6.63. The first-order valence-electron chi connectivity index (χ1n) is 8.88. The molecule has 4 nitrogen and oxygen atoms in total. The minimum absolute atomic E-state index is 0.0462. The van der Waals surface area contributed by atoms with Crippen LogP contribution in [0.4, 0.5) is 11.4 Å². The Hall–Kier alpha value is -3.27. The average Bonchev–Trinajstić information content (AvgIpc) is 2.97. The number of hydrogen-bond acceptors (Lipinski definition) is 3. The van der Waals surface area contributed by atoms with Crippen molar-refractivity contribution in [1.82, 2.24) is 0 Å². The monoisotopic (exact) mass is 357 g/mol. The number of benzene rings is 3. The highest BCUT2D eigenvalue weighted by Gasteiger charge is 2.43. The SMILES string of the molecule is CC1(c2ccccc2)C(=O)Nc2ccccc21.CN=Nc1ccc(C)cc1. The number of para-hydroxylation sites is 1. The van der Waals surface area contributed by atoms with Crippen LogP contribution in [0.1, 0.15) is 23.6 Å². The van der Waals surface area contributed by atoms with Crippen LogP contribution >= 0.6 is 0 Å². The lowest BCUT2D eigenvalue weighted by Gasteiger charge is -2.22. The van der Waals surface area contributed by atoms with E-state index in [0.717, 1.165) is 22.5 Å². The number of aryl methyl sites for hydroxylation is 1. The summed E-state index contributed by atoms with van der Waals surface area (Å²) in [5.41, 5.74) is 4.59. The van der Waals surface area contributed by atoms with Crippen molar-refractivity contribution >= 4 is 17.3 Å². The minimum atomic E-state index is -0.572. The van der Waals surface area contributed by atoms with Crippen LogP contribution in [0.2, 0.25) is 0 Å². The fraction of sp³-hybridized carbons (Fsp3) is 0.174. The summed E-state index contributed by atoms with van der Waals surface area (Å²) in [4.78, 5) is 12.2. The first kappa shape index (κ1) is 18.5. The van der Waals surface area contributed by atoms with Gasteiger partial charge in [-0.1, -0.05) is 66.2 Å². The summed E-state index contributed by atoms with van der Waals surface area (Å²) < 4.78 is 0. The van der Waals surface area contributed by atoms with Crippen molar-refractivity contribution in [2.75, 3.05) is 12.4 Å². The topological polar surface area (TPSA) is 53.8 Å². The van der Waals surface area contributed by atoms with Gasteiger partial charge in [0.2, 0.25) is 5.91 Å². The van der Waals surface area contributed by atoms with E-state index >= 15 is 0 Å². The van der Waals surface area contributed by atoms with Gasteiger partial charge in [-0.3, -0.25) is 4.79 Å². The van der Waals surface area contributed by atoms with E-state index in [4.69, 9.17) is 0 Å². The maximum Gasteiger partial charge on any atom is 0.239 e. The number of nitrogens with one attached hydrogen (secondary N) is 1. The van der Waals surface area contributed by atoms with Gasteiger partial charge in [-0.25, -0.2) is 0 Å². The summed E-state index contributed by atoms with van der Waals surface area (Å²) in [7, 11) is 1.67. The molecular weight excluding hydrogens is 334 g/mol. The molecule has 1 unspecified atom stereocenters. The second-order valence-corrected chi connectivity index (χ2v) is 6.63. The van der Waals surface area contributed by atoms with Gasteiger partial charge in [0.1, 0.15) is 0 Å². The van der Waals surface area contributed by atoms with Crippen LogP contribution in [0.3, 0.4) is 0 Å². The maximum atomic E-state index is 12.2. The van der Waals surface area contributed by atoms with Crippen molar-refractivity contribution in [3.8, 4) is 0 Å². The smallest absolute Gasteiger partial charge is 0.239 e. The standard InChI is InChI=1S/C15H13NO.C8H10N2/c1-15(11-7-3-2-4-8-11)12-9-5-6-10-13(12)16-14(15)17;1-7-3-5-8(6-4-7)10-9-2/h2-10H,1H3,(H,16,17);3-6H,1-2H3. The molecule has 0 fully saturated rings. The van der Waals surface area contributed by atoms with Crippen LogP contribution in [0.15, 0.2) is 89.1 Å². The molecule has 1 aliphatic heterocycles. The number of fused-ring (bicyclic) bond motifs is 1. The molecule has 27 heavy (non-hydrogen) atoms. The Balaban J connectivity index is 0.000000180. The Morgan fingerprint density at radius 1 is 0.852 bits per heavy atom. The molecule has 0 spiro atoms. The van der Waals surface area contributed by atoms with Crippen molar-refractivity contribution in [3.05, 3.63) is 95.6 Å². The Morgan fingerprint density at radius 2 is 1.48 bits per heavy atom. The first-order valence-corrected chi connectivity index (χ1v) is 8.88. The molecule has 0 saturated carbocycles. The van der Waals surface area contributed by atoms with E-state index in [-0.39, 0.29) is 5.91 Å². The molecule has 4 heteroatoms. The molecule has 1 amide bonds. The molecule has 0 saturated heterocycles. The van der Waals surface area contributed by atoms with E-state index in [0.29, 0.717) is 0 Å². The Kier molecular flexibility index (Phi) is 5.46.